The van der Waals surface area contributed by atoms with E-state index in [1.165, 1.54) is 12.7 Å². The zero-order valence-corrected chi connectivity index (χ0v) is 39.9. The second-order valence-corrected chi connectivity index (χ2v) is 20.7. The summed E-state index contributed by atoms with van der Waals surface area (Å²) in [6.07, 6.45) is 13.0. The largest absolute Gasteiger partial charge is 0.491 e. The summed E-state index contributed by atoms with van der Waals surface area (Å²) >= 11 is 0. The molecule has 1 aromatic carbocycles. The molecule has 8 aliphatic rings. The van der Waals surface area contributed by atoms with E-state index in [-0.39, 0.29) is 23.9 Å². The van der Waals surface area contributed by atoms with Crippen molar-refractivity contribution < 1.29 is 38.1 Å². The molecule has 3 saturated carbocycles. The third-order valence-electron chi connectivity index (χ3n) is 15.4. The number of ether oxygens (including phenoxy) is 5. The van der Waals surface area contributed by atoms with Crippen LogP contribution in [0.4, 0.5) is 0 Å². The fourth-order valence-electron chi connectivity index (χ4n) is 12.0. The molecule has 1 spiro atoms. The molecule has 344 valence electrons. The molecular formula is C51H72N4O8. The Kier molecular flexibility index (Phi) is 12.5. The Morgan fingerprint density at radius 3 is 2.19 bits per heavy atom. The molecule has 7 unspecified atom stereocenters. The number of benzene rings is 1. The number of hydrogen-bond acceptors (Lipinski definition) is 12. The van der Waals surface area contributed by atoms with E-state index in [2.05, 4.69) is 92.6 Å². The first-order valence-electron chi connectivity index (χ1n) is 23.4. The van der Waals surface area contributed by atoms with Crippen LogP contribution in [0.1, 0.15) is 103 Å². The van der Waals surface area contributed by atoms with Crippen molar-refractivity contribution in [3.8, 4) is 17.2 Å². The predicted molar refractivity (Wildman–Crippen MR) is 245 cm³/mol. The average Bonchev–Trinajstić information content (AvgIpc) is 3.38. The summed E-state index contributed by atoms with van der Waals surface area (Å²) in [6, 6.07) is -0.403. The molecule has 12 nitrogen and oxygen atoms in total. The van der Waals surface area contributed by atoms with Gasteiger partial charge in [-0.25, -0.2) is 4.79 Å². The topological polar surface area (TPSA) is 110 Å². The molecule has 63 heavy (non-hydrogen) atoms. The predicted octanol–water partition coefficient (Wildman–Crippen LogP) is 6.55. The van der Waals surface area contributed by atoms with Gasteiger partial charge in [-0.3, -0.25) is 19.4 Å². The van der Waals surface area contributed by atoms with Crippen LogP contribution in [0.5, 0.6) is 17.2 Å². The summed E-state index contributed by atoms with van der Waals surface area (Å²) in [6.45, 7) is 24.4. The quantitative estimate of drug-likeness (QED) is 0.122. The number of piperazine rings is 2. The second kappa shape index (κ2) is 17.2. The summed E-state index contributed by atoms with van der Waals surface area (Å²) in [4.78, 5) is 54.5. The molecule has 5 heterocycles. The standard InChI is InChI=1S/C51H72N4O8/c1-32(2)13-12-18-49(8)19-17-36-43(61-49)35(15-14-33(3)4)45-39(44(36)60-30-29-54-25-21-52(9)22-26-54)42(56)40-41(55-27-23-53(10)24-28-55)37-31-38-48(6,7)63-50(46(37)57,51(38,40)62-45)20-16-34(5)47(58)59-11/h13-14,16-17,19,37-38,40-41H,12,15,18,20-31H2,1-11H3. The molecule has 3 aliphatic carbocycles. The Morgan fingerprint density at radius 1 is 0.873 bits per heavy atom. The third kappa shape index (κ3) is 7.83. The maximum atomic E-state index is 16.5. The number of carbonyl (C=O) groups is 3. The molecule has 12 heteroatoms. The number of allylic oxidation sites excluding steroid dienone is 4. The fraction of sp³-hybridized carbons (Fsp3) is 0.667. The van der Waals surface area contributed by atoms with Gasteiger partial charge in [-0.05, 0) is 107 Å². The number of rotatable bonds is 13. The summed E-state index contributed by atoms with van der Waals surface area (Å²) in [5.41, 5.74) is 0.303. The fourth-order valence-corrected chi connectivity index (χ4v) is 12.0. The molecule has 7 atom stereocenters. The molecule has 4 bridgehead atoms. The van der Waals surface area contributed by atoms with Crippen LogP contribution in [0.15, 0.2) is 41.0 Å². The summed E-state index contributed by atoms with van der Waals surface area (Å²) in [5.74, 6) is -0.548. The van der Waals surface area contributed by atoms with Crippen LogP contribution in [0.2, 0.25) is 0 Å². The second-order valence-electron chi connectivity index (χ2n) is 20.7. The van der Waals surface area contributed by atoms with Crippen molar-refractivity contribution in [2.45, 2.75) is 116 Å². The Bertz CT molecular complexity index is 2120. The van der Waals surface area contributed by atoms with E-state index < -0.39 is 46.3 Å². The summed E-state index contributed by atoms with van der Waals surface area (Å²) < 4.78 is 34.5. The number of nitrogens with zero attached hydrogens (tertiary/aromatic N) is 4. The monoisotopic (exact) mass is 869 g/mol. The van der Waals surface area contributed by atoms with E-state index in [9.17, 15) is 4.79 Å². The van der Waals surface area contributed by atoms with Gasteiger partial charge in [0.15, 0.2) is 22.8 Å². The number of fused-ring (bicyclic) bond motifs is 2. The van der Waals surface area contributed by atoms with Crippen LogP contribution in [0.3, 0.4) is 0 Å². The number of likely N-dealkylation sites (N-methyl/N-ethyl adjacent to an activating group) is 2. The maximum Gasteiger partial charge on any atom is 0.333 e. The number of ketones is 2. The lowest BCUT2D eigenvalue weighted by atomic mass is 9.44. The van der Waals surface area contributed by atoms with Crippen molar-refractivity contribution >= 4 is 23.6 Å². The van der Waals surface area contributed by atoms with E-state index in [0.717, 1.165) is 81.9 Å². The summed E-state index contributed by atoms with van der Waals surface area (Å²) in [7, 11) is 5.63. The van der Waals surface area contributed by atoms with E-state index in [4.69, 9.17) is 23.7 Å². The van der Waals surface area contributed by atoms with E-state index in [1.54, 1.807) is 13.0 Å². The van der Waals surface area contributed by atoms with Crippen LogP contribution in [-0.2, 0) is 25.5 Å². The zero-order valence-electron chi connectivity index (χ0n) is 39.9. The molecule has 6 fully saturated rings. The lowest BCUT2D eigenvalue weighted by molar-refractivity contribution is -0.214. The zero-order chi connectivity index (χ0) is 45.2. The van der Waals surface area contributed by atoms with Gasteiger partial charge in [-0.2, -0.15) is 0 Å². The first-order chi connectivity index (χ1) is 29.9. The van der Waals surface area contributed by atoms with Crippen LogP contribution in [0.25, 0.3) is 6.08 Å². The van der Waals surface area contributed by atoms with Gasteiger partial charge >= 0.3 is 5.97 Å². The summed E-state index contributed by atoms with van der Waals surface area (Å²) in [5, 5.41) is 0. The highest BCUT2D eigenvalue weighted by Gasteiger charge is 2.86. The molecule has 1 aromatic rings. The Labute approximate surface area is 375 Å². The van der Waals surface area contributed by atoms with Gasteiger partial charge in [-0.15, -0.1) is 0 Å². The van der Waals surface area contributed by atoms with Gasteiger partial charge in [0.05, 0.1) is 24.2 Å². The van der Waals surface area contributed by atoms with Gasteiger partial charge in [0.2, 0.25) is 0 Å². The van der Waals surface area contributed by atoms with Gasteiger partial charge in [0.1, 0.15) is 35.0 Å². The highest BCUT2D eigenvalue weighted by molar-refractivity contribution is 6.10. The number of Topliss-reactive ketones (excluding diaryl/α,β-unsaturated/α-hetero) is 2. The first-order valence-corrected chi connectivity index (χ1v) is 23.4. The van der Waals surface area contributed by atoms with Crippen LogP contribution in [0, 0.1) is 17.8 Å². The third-order valence-corrected chi connectivity index (χ3v) is 15.4. The van der Waals surface area contributed by atoms with E-state index in [0.29, 0.717) is 54.4 Å². The van der Waals surface area contributed by atoms with Gasteiger partial charge in [0.25, 0.3) is 0 Å². The molecule has 0 amide bonds. The molecule has 0 aromatic heterocycles. The highest BCUT2D eigenvalue weighted by atomic mass is 16.6. The lowest BCUT2D eigenvalue weighted by Crippen LogP contribution is -2.82. The highest BCUT2D eigenvalue weighted by Crippen LogP contribution is 2.71. The van der Waals surface area contributed by atoms with Crippen molar-refractivity contribution in [3.63, 3.8) is 0 Å². The Morgan fingerprint density at radius 2 is 1.54 bits per heavy atom. The van der Waals surface area contributed by atoms with Crippen LogP contribution < -0.4 is 14.2 Å². The van der Waals surface area contributed by atoms with Crippen molar-refractivity contribution in [2.75, 3.05) is 86.7 Å². The number of hydrogen-bond donors (Lipinski definition) is 0. The number of esters is 1. The minimum atomic E-state index is -1.55. The lowest BCUT2D eigenvalue weighted by Gasteiger charge is -2.65. The van der Waals surface area contributed by atoms with Crippen molar-refractivity contribution in [1.82, 2.24) is 19.6 Å². The molecule has 9 rings (SSSR count). The van der Waals surface area contributed by atoms with Gasteiger partial charge in [0, 0.05) is 94.3 Å². The first kappa shape index (κ1) is 45.7. The van der Waals surface area contributed by atoms with E-state index >= 15 is 9.59 Å². The number of carbonyl (C=O) groups excluding carboxylic acids is 3. The normalized spacial score (nSPS) is 32.6. The smallest absolute Gasteiger partial charge is 0.333 e. The average molecular weight is 869 g/mol. The van der Waals surface area contributed by atoms with Crippen molar-refractivity contribution in [1.29, 1.82) is 0 Å². The molecular weight excluding hydrogens is 797 g/mol. The molecule has 0 radical (unpaired) electrons. The molecule has 5 aliphatic heterocycles. The van der Waals surface area contributed by atoms with Crippen LogP contribution in [-0.4, -0.2) is 152 Å². The van der Waals surface area contributed by atoms with E-state index in [1.807, 2.05) is 13.8 Å². The van der Waals surface area contributed by atoms with Gasteiger partial charge < -0.3 is 33.5 Å². The van der Waals surface area contributed by atoms with Gasteiger partial charge in [-0.1, -0.05) is 29.4 Å². The number of methoxy groups -OCH3 is 1. The van der Waals surface area contributed by atoms with Crippen molar-refractivity contribution in [3.05, 3.63) is 57.7 Å². The minimum absolute atomic E-state index is 0.0480. The minimum Gasteiger partial charge on any atom is -0.491 e. The Balaban J connectivity index is 1.36. The van der Waals surface area contributed by atoms with Crippen molar-refractivity contribution in [2.24, 2.45) is 17.8 Å². The SMILES string of the molecule is COC(=O)C(C)=CCC12OC(C)(C)C3CC(C1=O)C(N1CCN(C)CC1)C1C(=O)c4c(OCCN5CCN(C)CC5)c5c(c(CC=C(C)C)c4OC132)OC(C)(CCC=C(C)C)C=C5. The Hall–Kier alpha value is -3.81. The maximum absolute atomic E-state index is 16.5. The molecule has 3 saturated heterocycles. The van der Waals surface area contributed by atoms with Crippen LogP contribution >= 0.6 is 0 Å². The molecule has 0 N–H and O–H groups in total.